The van der Waals surface area contributed by atoms with Crippen LogP contribution in [0.4, 0.5) is 0 Å². The molecule has 140 valence electrons. The summed E-state index contributed by atoms with van der Waals surface area (Å²) in [5.41, 5.74) is 4.25. The summed E-state index contributed by atoms with van der Waals surface area (Å²) >= 11 is 4.96. The number of fused-ring (bicyclic) bond motifs is 1. The van der Waals surface area contributed by atoms with Crippen molar-refractivity contribution in [2.24, 2.45) is 0 Å². The van der Waals surface area contributed by atoms with Crippen LogP contribution in [0.15, 0.2) is 83.6 Å². The quantitative estimate of drug-likeness (QED) is 0.351. The van der Waals surface area contributed by atoms with E-state index in [0.717, 1.165) is 36.7 Å². The Hall–Kier alpha value is -3.16. The van der Waals surface area contributed by atoms with Crippen LogP contribution in [0.25, 0.3) is 28.0 Å². The molecule has 0 atom stereocenters. The molecule has 0 fully saturated rings. The molecule has 0 aliphatic rings. The lowest BCUT2D eigenvalue weighted by Gasteiger charge is -2.07. The highest BCUT2D eigenvalue weighted by Crippen LogP contribution is 2.29. The van der Waals surface area contributed by atoms with E-state index in [-0.39, 0.29) is 0 Å². The minimum Gasteiger partial charge on any atom is -0.263 e. The maximum absolute atomic E-state index is 4.76. The second kappa shape index (κ2) is 7.69. The molecule has 0 saturated carbocycles. The highest BCUT2D eigenvalue weighted by molar-refractivity contribution is 9.10. The largest absolute Gasteiger partial charge is 0.263 e. The maximum atomic E-state index is 4.76. The molecule has 3 heterocycles. The molecule has 0 aliphatic carbocycles. The molecule has 2 aromatic carbocycles. The Labute approximate surface area is 179 Å². The number of aromatic nitrogens is 5. The van der Waals surface area contributed by atoms with Crippen LogP contribution in [0, 0.1) is 0 Å². The van der Waals surface area contributed by atoms with E-state index >= 15 is 0 Å². The first-order valence-corrected chi connectivity index (χ1v) is 10.5. The van der Waals surface area contributed by atoms with Gasteiger partial charge in [0.25, 0.3) is 0 Å². The van der Waals surface area contributed by atoms with E-state index in [1.165, 1.54) is 11.3 Å². The number of benzene rings is 2. The molecule has 0 saturated heterocycles. The van der Waals surface area contributed by atoms with Gasteiger partial charge in [-0.2, -0.15) is 9.61 Å². The third-order valence-corrected chi connectivity index (χ3v) is 5.69. The molecule has 7 heteroatoms. The molecule has 5 aromatic rings. The minimum atomic E-state index is 0.672. The van der Waals surface area contributed by atoms with Crippen LogP contribution in [-0.2, 0) is 0 Å². The topological polar surface area (TPSA) is 56.0 Å². The van der Waals surface area contributed by atoms with Crippen LogP contribution in [-0.4, -0.2) is 24.8 Å². The Morgan fingerprint density at radius 3 is 2.24 bits per heavy atom. The molecule has 0 unspecified atom stereocenters. The zero-order chi connectivity index (χ0) is 19.6. The summed E-state index contributed by atoms with van der Waals surface area (Å²) in [5.74, 6) is 0.672. The van der Waals surface area contributed by atoms with Gasteiger partial charge in [-0.25, -0.2) is 0 Å². The first kappa shape index (κ1) is 17.9. The van der Waals surface area contributed by atoms with E-state index in [0.29, 0.717) is 5.82 Å². The Bertz CT molecular complexity index is 1270. The average molecular weight is 460 g/mol. The second-order valence-corrected chi connectivity index (χ2v) is 8.24. The number of halogens is 1. The highest BCUT2D eigenvalue weighted by Gasteiger charge is 2.14. The molecule has 5 rings (SSSR count). The van der Waals surface area contributed by atoms with Crippen molar-refractivity contribution in [3.8, 4) is 11.4 Å². The fourth-order valence-corrected chi connectivity index (χ4v) is 4.24. The Balaban J connectivity index is 1.63. The molecule has 0 radical (unpaired) electrons. The zero-order valence-corrected chi connectivity index (χ0v) is 17.5. The molecule has 5 nitrogen and oxygen atoms in total. The van der Waals surface area contributed by atoms with Crippen molar-refractivity contribution in [3.63, 3.8) is 0 Å². The van der Waals surface area contributed by atoms with Crippen molar-refractivity contribution in [2.45, 2.75) is 0 Å². The van der Waals surface area contributed by atoms with E-state index in [4.69, 9.17) is 5.10 Å². The van der Waals surface area contributed by atoms with Gasteiger partial charge < -0.3 is 0 Å². The predicted molar refractivity (Wildman–Crippen MR) is 119 cm³/mol. The maximum Gasteiger partial charge on any atom is 0.235 e. The van der Waals surface area contributed by atoms with Gasteiger partial charge in [-0.3, -0.25) is 4.98 Å². The molecule has 29 heavy (non-hydrogen) atoms. The van der Waals surface area contributed by atoms with Gasteiger partial charge in [0.15, 0.2) is 5.82 Å². The molecule has 0 bridgehead atoms. The van der Waals surface area contributed by atoms with Crippen molar-refractivity contribution in [3.05, 3.63) is 99.7 Å². The second-order valence-electron chi connectivity index (χ2n) is 6.34. The van der Waals surface area contributed by atoms with Crippen molar-refractivity contribution in [1.29, 1.82) is 0 Å². The van der Waals surface area contributed by atoms with Gasteiger partial charge in [0.05, 0.1) is 0 Å². The summed E-state index contributed by atoms with van der Waals surface area (Å²) < 4.78 is 2.66. The van der Waals surface area contributed by atoms with Crippen LogP contribution < -0.4 is 0 Å². The van der Waals surface area contributed by atoms with Crippen molar-refractivity contribution in [1.82, 2.24) is 24.8 Å². The predicted octanol–water partition coefficient (Wildman–Crippen LogP) is 5.60. The number of rotatable bonds is 4. The van der Waals surface area contributed by atoms with E-state index in [2.05, 4.69) is 61.5 Å². The van der Waals surface area contributed by atoms with Gasteiger partial charge in [-0.1, -0.05) is 72.0 Å². The van der Waals surface area contributed by atoms with Gasteiger partial charge in [0.2, 0.25) is 4.96 Å². The summed E-state index contributed by atoms with van der Waals surface area (Å²) in [6.07, 6.45) is 5.60. The number of hydrogen-bond acceptors (Lipinski definition) is 5. The van der Waals surface area contributed by atoms with Crippen LogP contribution in [0.3, 0.4) is 0 Å². The zero-order valence-electron chi connectivity index (χ0n) is 15.1. The van der Waals surface area contributed by atoms with Crippen molar-refractivity contribution in [2.75, 3.05) is 0 Å². The summed E-state index contributed by atoms with van der Waals surface area (Å²) in [6, 6.07) is 22.6. The summed E-state index contributed by atoms with van der Waals surface area (Å²) in [4.78, 5) is 4.96. The minimum absolute atomic E-state index is 0.672. The van der Waals surface area contributed by atoms with E-state index < -0.39 is 0 Å². The first-order chi connectivity index (χ1) is 14.3. The lowest BCUT2D eigenvalue weighted by Crippen LogP contribution is -1.92. The van der Waals surface area contributed by atoms with Gasteiger partial charge >= 0.3 is 0 Å². The molecule has 0 aliphatic heterocycles. The number of hydrogen-bond donors (Lipinski definition) is 0. The monoisotopic (exact) mass is 459 g/mol. The average Bonchev–Trinajstić information content (AvgIpc) is 3.33. The van der Waals surface area contributed by atoms with Crippen LogP contribution in [0.2, 0.25) is 0 Å². The van der Waals surface area contributed by atoms with Crippen LogP contribution in [0.1, 0.15) is 16.1 Å². The fourth-order valence-electron chi connectivity index (χ4n) is 3.10. The SMILES string of the molecule is Brc1cncc(-c2nnc3sc(C=C(c4ccccc4)c4ccccc4)nn23)c1. The van der Waals surface area contributed by atoms with Crippen molar-refractivity contribution < 1.29 is 0 Å². The summed E-state index contributed by atoms with van der Waals surface area (Å²) in [6.45, 7) is 0. The Morgan fingerprint density at radius 1 is 0.897 bits per heavy atom. The summed E-state index contributed by atoms with van der Waals surface area (Å²) in [7, 11) is 0. The Morgan fingerprint density at radius 2 is 1.59 bits per heavy atom. The van der Waals surface area contributed by atoms with Crippen LogP contribution >= 0.6 is 27.3 Å². The van der Waals surface area contributed by atoms with E-state index in [1.807, 2.05) is 42.5 Å². The smallest absolute Gasteiger partial charge is 0.235 e. The standard InChI is InChI=1S/C22H14BrN5S/c23-18-11-17(13-24-14-18)21-25-26-22-28(21)27-20(29-22)12-19(15-7-3-1-4-8-15)16-9-5-2-6-10-16/h1-14H. The van der Waals surface area contributed by atoms with Gasteiger partial charge in [0, 0.05) is 22.4 Å². The van der Waals surface area contributed by atoms with Gasteiger partial charge in [-0.15, -0.1) is 10.2 Å². The number of pyridine rings is 1. The third kappa shape index (κ3) is 3.62. The molecular formula is C22H14BrN5S. The fraction of sp³-hybridized carbons (Fsp3) is 0. The molecule has 0 N–H and O–H groups in total. The summed E-state index contributed by atoms with van der Waals surface area (Å²) in [5, 5.41) is 14.2. The number of nitrogens with zero attached hydrogens (tertiary/aromatic N) is 5. The molecule has 0 spiro atoms. The lowest BCUT2D eigenvalue weighted by molar-refractivity contribution is 0.957. The third-order valence-electron chi connectivity index (χ3n) is 4.41. The van der Waals surface area contributed by atoms with E-state index in [1.54, 1.807) is 16.9 Å². The molecular weight excluding hydrogens is 446 g/mol. The van der Waals surface area contributed by atoms with Crippen LogP contribution in [0.5, 0.6) is 0 Å². The first-order valence-electron chi connectivity index (χ1n) is 8.94. The molecule has 0 amide bonds. The Kier molecular flexibility index (Phi) is 4.75. The van der Waals surface area contributed by atoms with Crippen molar-refractivity contribution >= 4 is 43.9 Å². The normalized spacial score (nSPS) is 10.9. The van der Waals surface area contributed by atoms with Gasteiger partial charge in [0.1, 0.15) is 5.01 Å². The highest BCUT2D eigenvalue weighted by atomic mass is 79.9. The van der Waals surface area contributed by atoms with Gasteiger partial charge in [-0.05, 0) is 44.8 Å². The molecule has 3 aromatic heterocycles. The lowest BCUT2D eigenvalue weighted by atomic mass is 9.98. The van der Waals surface area contributed by atoms with E-state index in [9.17, 15) is 0 Å².